The number of hydrogen-bond donors (Lipinski definition) is 4. The summed E-state index contributed by atoms with van der Waals surface area (Å²) >= 11 is 0. The van der Waals surface area contributed by atoms with Crippen LogP contribution in [-0.2, 0) is 22.4 Å². The number of aromatic hydroxyl groups is 1. The van der Waals surface area contributed by atoms with Crippen LogP contribution in [0.4, 0.5) is 14.5 Å². The Hall–Kier alpha value is -3.24. The first-order chi connectivity index (χ1) is 19.4. The number of phenolic OH excluding ortho intramolecular Hbond substituents is 1. The van der Waals surface area contributed by atoms with Crippen molar-refractivity contribution in [2.75, 3.05) is 44.6 Å². The van der Waals surface area contributed by atoms with Crippen LogP contribution in [0.15, 0.2) is 30.3 Å². The van der Waals surface area contributed by atoms with Crippen LogP contribution in [-0.4, -0.2) is 67.2 Å². The zero-order valence-electron chi connectivity index (χ0n) is 22.9. The second-order valence-electron chi connectivity index (χ2n) is 10.5. The molecular weight excluding hydrogens is 518 g/mol. The van der Waals surface area contributed by atoms with Crippen LogP contribution in [0.2, 0.25) is 0 Å². The highest BCUT2D eigenvalue weighted by atomic mass is 19.1. The molecule has 0 spiro atoms. The fourth-order valence-electron chi connectivity index (χ4n) is 5.46. The van der Waals surface area contributed by atoms with E-state index in [-0.39, 0.29) is 30.2 Å². The second-order valence-corrected chi connectivity index (χ2v) is 10.5. The summed E-state index contributed by atoms with van der Waals surface area (Å²) in [4.78, 5) is 26.9. The zero-order valence-corrected chi connectivity index (χ0v) is 22.9. The SMILES string of the molecule is O=C1COc2c(CCNCCN(C(=O)CCNCCc3cc(F)ccc3F)C3CCCCCC3)ccc(O)c2N1. The molecule has 0 saturated heterocycles. The number of carbonyl (C=O) groups excluding carboxylic acids is 2. The predicted octanol–water partition coefficient (Wildman–Crippen LogP) is 3.91. The van der Waals surface area contributed by atoms with Crippen LogP contribution in [0.3, 0.4) is 0 Å². The molecule has 0 atom stereocenters. The molecule has 10 heteroatoms. The Kier molecular flexibility index (Phi) is 11.1. The molecule has 2 amide bonds. The Labute approximate surface area is 234 Å². The number of nitrogens with zero attached hydrogens (tertiary/aromatic N) is 1. The number of hydrogen-bond acceptors (Lipinski definition) is 6. The monoisotopic (exact) mass is 558 g/mol. The van der Waals surface area contributed by atoms with Gasteiger partial charge in [0.15, 0.2) is 12.4 Å². The van der Waals surface area contributed by atoms with Crippen molar-refractivity contribution in [3.8, 4) is 11.5 Å². The van der Waals surface area contributed by atoms with Gasteiger partial charge in [-0.3, -0.25) is 9.59 Å². The van der Waals surface area contributed by atoms with Crippen molar-refractivity contribution in [3.63, 3.8) is 0 Å². The maximum absolute atomic E-state index is 13.8. The van der Waals surface area contributed by atoms with E-state index in [9.17, 15) is 23.5 Å². The van der Waals surface area contributed by atoms with Crippen LogP contribution >= 0.6 is 0 Å². The Morgan fingerprint density at radius 1 is 0.975 bits per heavy atom. The third-order valence-corrected chi connectivity index (χ3v) is 7.61. The third-order valence-electron chi connectivity index (χ3n) is 7.61. The lowest BCUT2D eigenvalue weighted by Gasteiger charge is -2.32. The van der Waals surface area contributed by atoms with Gasteiger partial charge in [-0.25, -0.2) is 8.78 Å². The van der Waals surface area contributed by atoms with Crippen LogP contribution in [0.25, 0.3) is 0 Å². The summed E-state index contributed by atoms with van der Waals surface area (Å²) in [6.45, 7) is 2.78. The van der Waals surface area contributed by atoms with Crippen LogP contribution < -0.4 is 20.7 Å². The summed E-state index contributed by atoms with van der Waals surface area (Å²) < 4.78 is 32.8. The predicted molar refractivity (Wildman–Crippen MR) is 150 cm³/mol. The van der Waals surface area contributed by atoms with E-state index in [0.717, 1.165) is 43.4 Å². The smallest absolute Gasteiger partial charge is 0.262 e. The van der Waals surface area contributed by atoms with Crippen molar-refractivity contribution in [2.45, 2.75) is 63.8 Å². The fraction of sp³-hybridized carbons (Fsp3) is 0.533. The molecule has 0 bridgehead atoms. The average molecular weight is 559 g/mol. The normalized spacial score (nSPS) is 15.6. The maximum atomic E-state index is 13.8. The minimum atomic E-state index is -0.455. The largest absolute Gasteiger partial charge is 0.506 e. The molecule has 218 valence electrons. The van der Waals surface area contributed by atoms with Crippen molar-refractivity contribution in [1.29, 1.82) is 0 Å². The van der Waals surface area contributed by atoms with Gasteiger partial charge in [-0.2, -0.15) is 0 Å². The molecule has 8 nitrogen and oxygen atoms in total. The average Bonchev–Trinajstić information content (AvgIpc) is 3.23. The molecule has 0 aromatic heterocycles. The van der Waals surface area contributed by atoms with Crippen LogP contribution in [0.5, 0.6) is 11.5 Å². The van der Waals surface area contributed by atoms with Gasteiger partial charge in [0.1, 0.15) is 23.1 Å². The fourth-order valence-corrected chi connectivity index (χ4v) is 5.46. The summed E-state index contributed by atoms with van der Waals surface area (Å²) in [5, 5.41) is 19.3. The van der Waals surface area contributed by atoms with Crippen molar-refractivity contribution < 1.29 is 28.2 Å². The molecule has 1 aliphatic heterocycles. The topological polar surface area (TPSA) is 103 Å². The quantitative estimate of drug-likeness (QED) is 0.169. The summed E-state index contributed by atoms with van der Waals surface area (Å²) in [6, 6.07) is 7.04. The summed E-state index contributed by atoms with van der Waals surface area (Å²) in [7, 11) is 0. The molecule has 40 heavy (non-hydrogen) atoms. The van der Waals surface area contributed by atoms with Gasteiger partial charge >= 0.3 is 0 Å². The van der Waals surface area contributed by atoms with Crippen molar-refractivity contribution in [3.05, 3.63) is 53.1 Å². The van der Waals surface area contributed by atoms with Gasteiger partial charge < -0.3 is 30.7 Å². The maximum Gasteiger partial charge on any atom is 0.262 e. The number of halogens is 2. The Balaban J connectivity index is 1.24. The number of rotatable bonds is 13. The highest BCUT2D eigenvalue weighted by Crippen LogP contribution is 2.39. The van der Waals surface area contributed by atoms with E-state index in [4.69, 9.17) is 4.74 Å². The lowest BCUT2D eigenvalue weighted by molar-refractivity contribution is -0.133. The molecule has 0 unspecified atom stereocenters. The van der Waals surface area contributed by atoms with E-state index in [1.807, 2.05) is 4.90 Å². The first kappa shape index (κ1) is 29.7. The number of benzene rings is 2. The van der Waals surface area contributed by atoms with Gasteiger partial charge in [-0.05, 0) is 74.2 Å². The molecule has 0 radical (unpaired) electrons. The number of phenols is 1. The molecule has 1 saturated carbocycles. The number of amides is 2. The van der Waals surface area contributed by atoms with Gasteiger partial charge in [-0.1, -0.05) is 31.7 Å². The molecule has 1 aliphatic carbocycles. The van der Waals surface area contributed by atoms with Gasteiger partial charge in [-0.15, -0.1) is 0 Å². The molecule has 2 aromatic carbocycles. The minimum Gasteiger partial charge on any atom is -0.506 e. The number of anilines is 1. The van der Waals surface area contributed by atoms with E-state index in [0.29, 0.717) is 69.0 Å². The zero-order chi connectivity index (χ0) is 28.3. The number of ether oxygens (including phenoxy) is 1. The first-order valence-electron chi connectivity index (χ1n) is 14.3. The highest BCUT2D eigenvalue weighted by molar-refractivity contribution is 5.97. The number of fused-ring (bicyclic) bond motifs is 1. The van der Waals surface area contributed by atoms with Gasteiger partial charge in [0.25, 0.3) is 5.91 Å². The molecule has 1 heterocycles. The molecule has 2 aromatic rings. The van der Waals surface area contributed by atoms with Gasteiger partial charge in [0.2, 0.25) is 5.91 Å². The van der Waals surface area contributed by atoms with Crippen molar-refractivity contribution in [1.82, 2.24) is 15.5 Å². The molecule has 4 N–H and O–H groups in total. The van der Waals surface area contributed by atoms with Gasteiger partial charge in [0, 0.05) is 32.1 Å². The van der Waals surface area contributed by atoms with E-state index in [1.54, 1.807) is 12.1 Å². The Bertz CT molecular complexity index is 1150. The lowest BCUT2D eigenvalue weighted by atomic mass is 10.1. The van der Waals surface area contributed by atoms with Crippen LogP contribution in [0.1, 0.15) is 56.1 Å². The van der Waals surface area contributed by atoms with E-state index in [1.165, 1.54) is 18.9 Å². The minimum absolute atomic E-state index is 0.0204. The Morgan fingerprint density at radius 3 is 2.48 bits per heavy atom. The summed E-state index contributed by atoms with van der Waals surface area (Å²) in [5.74, 6) is -0.580. The van der Waals surface area contributed by atoms with E-state index >= 15 is 0 Å². The van der Waals surface area contributed by atoms with E-state index < -0.39 is 11.6 Å². The van der Waals surface area contributed by atoms with Crippen LogP contribution in [0, 0.1) is 11.6 Å². The first-order valence-corrected chi connectivity index (χ1v) is 14.3. The third kappa shape index (κ3) is 8.38. The second kappa shape index (κ2) is 14.9. The van der Waals surface area contributed by atoms with E-state index in [2.05, 4.69) is 16.0 Å². The number of nitrogens with one attached hydrogen (secondary N) is 3. The van der Waals surface area contributed by atoms with Crippen molar-refractivity contribution >= 4 is 17.5 Å². The highest BCUT2D eigenvalue weighted by Gasteiger charge is 2.25. The molecule has 1 fully saturated rings. The lowest BCUT2D eigenvalue weighted by Crippen LogP contribution is -2.45. The standard InChI is InChI=1S/C30H40F2N4O4/c31-23-8-9-25(32)22(19-23)12-15-33-16-13-28(39)36(24-5-3-1-2-4-6-24)18-17-34-14-11-21-7-10-26(37)29-30(21)40-20-27(38)35-29/h7-10,19,24,33-34,37H,1-6,11-18,20H2,(H,35,38). The molecule has 2 aliphatic rings. The molecular formula is C30H40F2N4O4. The summed E-state index contributed by atoms with van der Waals surface area (Å²) in [5.41, 5.74) is 1.53. The number of carbonyl (C=O) groups is 2. The summed E-state index contributed by atoms with van der Waals surface area (Å²) in [6.07, 6.45) is 8.04. The molecule has 4 rings (SSSR count). The van der Waals surface area contributed by atoms with Crippen molar-refractivity contribution in [2.24, 2.45) is 0 Å². The van der Waals surface area contributed by atoms with Gasteiger partial charge in [0.05, 0.1) is 0 Å². The Morgan fingerprint density at radius 2 is 1.70 bits per heavy atom.